The lowest BCUT2D eigenvalue weighted by molar-refractivity contribution is -0.168. The van der Waals surface area contributed by atoms with Crippen LogP contribution in [0.25, 0.3) is 0 Å². The molecule has 2 rings (SSSR count). The number of carboxylic acids is 1. The number of carboxylic acid groups (broad SMARTS) is 1. The highest BCUT2D eigenvalue weighted by Gasteiger charge is 2.81. The Kier molecular flexibility index (Phi) is 2.63. The molecule has 0 radical (unpaired) electrons. The molecule has 0 bridgehead atoms. The third-order valence-corrected chi connectivity index (χ3v) is 7.22. The molecule has 108 valence electrons. The molecule has 2 fully saturated rings. The van der Waals surface area contributed by atoms with Crippen LogP contribution in [0.15, 0.2) is 0 Å². The van der Waals surface area contributed by atoms with Crippen LogP contribution in [0.4, 0.5) is 0 Å². The smallest absolute Gasteiger partial charge is 0.349 e. The van der Waals surface area contributed by atoms with Gasteiger partial charge in [-0.3, -0.25) is 14.2 Å². The fourth-order valence-electron chi connectivity index (χ4n) is 2.71. The Labute approximate surface area is 114 Å². The predicted molar refractivity (Wildman–Crippen MR) is 66.8 cm³/mol. The number of carbonyl (C=O) groups excluding carboxylic acids is 1. The Morgan fingerprint density at radius 1 is 1.42 bits per heavy atom. The molecule has 2 saturated heterocycles. The first-order valence-corrected chi connectivity index (χ1v) is 7.64. The van der Waals surface area contributed by atoms with Crippen molar-refractivity contribution in [2.75, 3.05) is 0 Å². The SMILES string of the molecule is CC1(N)C(=O)N2[C@@H]1SC(C)(C)[C@@]2(C(=O)O)S(=O)(=O)O. The van der Waals surface area contributed by atoms with Gasteiger partial charge in [0, 0.05) is 0 Å². The van der Waals surface area contributed by atoms with E-state index in [0.29, 0.717) is 4.90 Å². The zero-order valence-corrected chi connectivity index (χ0v) is 12.1. The molecule has 8 nitrogen and oxygen atoms in total. The Morgan fingerprint density at radius 3 is 2.26 bits per heavy atom. The van der Waals surface area contributed by atoms with Crippen LogP contribution in [0.1, 0.15) is 20.8 Å². The fraction of sp³-hybridized carbons (Fsp3) is 0.778. The molecule has 0 aliphatic carbocycles. The van der Waals surface area contributed by atoms with Crippen molar-refractivity contribution in [1.82, 2.24) is 4.90 Å². The van der Waals surface area contributed by atoms with Crippen molar-refractivity contribution in [3.63, 3.8) is 0 Å². The molecule has 10 heteroatoms. The maximum atomic E-state index is 12.0. The lowest BCUT2D eigenvalue weighted by Crippen LogP contribution is -2.81. The molecular formula is C9H14N2O6S2. The van der Waals surface area contributed by atoms with Crippen LogP contribution >= 0.6 is 11.8 Å². The van der Waals surface area contributed by atoms with Gasteiger partial charge in [-0.1, -0.05) is 0 Å². The van der Waals surface area contributed by atoms with E-state index in [0.717, 1.165) is 11.8 Å². The second-order valence-corrected chi connectivity index (χ2v) is 8.61. The average Bonchev–Trinajstić information content (AvgIpc) is 2.44. The Hall–Kier alpha value is -0.840. The van der Waals surface area contributed by atoms with Crippen LogP contribution in [0.5, 0.6) is 0 Å². The monoisotopic (exact) mass is 310 g/mol. The van der Waals surface area contributed by atoms with Crippen LogP contribution in [0.2, 0.25) is 0 Å². The molecule has 19 heavy (non-hydrogen) atoms. The Bertz CT molecular complexity index is 584. The van der Waals surface area contributed by atoms with Gasteiger partial charge in [-0.25, -0.2) is 4.79 Å². The minimum atomic E-state index is -5.06. The van der Waals surface area contributed by atoms with E-state index in [2.05, 4.69) is 0 Å². The standard InChI is InChI=1S/C9H14N2O6S2/c1-7(2)9(6(13)14,19(15,16)17)11-4(12)8(3,10)5(11)18-7/h5H,10H2,1-3H3,(H,13,14)(H,15,16,17)/t5-,8?,9-/m1/s1. The highest BCUT2D eigenvalue weighted by atomic mass is 32.2. The summed E-state index contributed by atoms with van der Waals surface area (Å²) in [5.74, 6) is -2.60. The third-order valence-electron chi connectivity index (χ3n) is 3.65. The number of fused-ring (bicyclic) bond motifs is 1. The maximum Gasteiger partial charge on any atom is 0.349 e. The van der Waals surface area contributed by atoms with E-state index in [1.165, 1.54) is 20.8 Å². The van der Waals surface area contributed by atoms with E-state index in [1.54, 1.807) is 0 Å². The minimum absolute atomic E-state index is 0.662. The highest BCUT2D eigenvalue weighted by Crippen LogP contribution is 2.60. The van der Waals surface area contributed by atoms with Crippen LogP contribution < -0.4 is 5.73 Å². The summed E-state index contributed by atoms with van der Waals surface area (Å²) in [4.78, 5) is 21.5. The summed E-state index contributed by atoms with van der Waals surface area (Å²) in [5.41, 5.74) is 4.41. The van der Waals surface area contributed by atoms with Gasteiger partial charge in [-0.2, -0.15) is 8.42 Å². The lowest BCUT2D eigenvalue weighted by Gasteiger charge is -2.51. The van der Waals surface area contributed by atoms with Crippen LogP contribution in [-0.2, 0) is 19.7 Å². The van der Waals surface area contributed by atoms with E-state index < -0.39 is 42.5 Å². The molecule has 2 heterocycles. The summed E-state index contributed by atoms with van der Waals surface area (Å²) >= 11 is 0.951. The maximum absolute atomic E-state index is 12.0. The molecule has 1 amide bonds. The van der Waals surface area contributed by atoms with Gasteiger partial charge >= 0.3 is 16.1 Å². The lowest BCUT2D eigenvalue weighted by atomic mass is 9.87. The van der Waals surface area contributed by atoms with Crippen molar-refractivity contribution >= 4 is 33.8 Å². The van der Waals surface area contributed by atoms with Crippen molar-refractivity contribution in [2.24, 2.45) is 5.73 Å². The molecule has 4 N–H and O–H groups in total. The van der Waals surface area contributed by atoms with Crippen molar-refractivity contribution in [3.05, 3.63) is 0 Å². The number of β-lactam (4-membered cyclic amide) rings is 1. The summed E-state index contributed by atoms with van der Waals surface area (Å²) in [7, 11) is -5.06. The molecule has 1 unspecified atom stereocenters. The van der Waals surface area contributed by atoms with Crippen molar-refractivity contribution in [1.29, 1.82) is 0 Å². The van der Waals surface area contributed by atoms with Gasteiger partial charge in [0.25, 0.3) is 4.87 Å². The molecule has 0 aromatic heterocycles. The fourth-order valence-corrected chi connectivity index (χ4v) is 6.13. The molecule has 0 aromatic rings. The summed E-state index contributed by atoms with van der Waals surface area (Å²) in [5, 5.41) is 8.55. The predicted octanol–water partition coefficient (Wildman–Crippen LogP) is -0.934. The minimum Gasteiger partial charge on any atom is -0.479 e. The zero-order valence-electron chi connectivity index (χ0n) is 10.4. The van der Waals surface area contributed by atoms with Gasteiger partial charge in [-0.15, -0.1) is 11.8 Å². The average molecular weight is 310 g/mol. The number of amides is 1. The first-order chi connectivity index (χ1) is 8.32. The largest absolute Gasteiger partial charge is 0.479 e. The van der Waals surface area contributed by atoms with Gasteiger partial charge < -0.3 is 10.8 Å². The second kappa shape index (κ2) is 3.43. The number of hydrogen-bond donors (Lipinski definition) is 3. The summed E-state index contributed by atoms with van der Waals surface area (Å²) < 4.78 is 31.4. The summed E-state index contributed by atoms with van der Waals surface area (Å²) in [6.45, 7) is 4.10. The van der Waals surface area contributed by atoms with Gasteiger partial charge in [0.05, 0.1) is 4.75 Å². The van der Waals surface area contributed by atoms with E-state index >= 15 is 0 Å². The number of nitrogens with two attached hydrogens (primary N) is 1. The molecule has 0 spiro atoms. The van der Waals surface area contributed by atoms with Gasteiger partial charge in [-0.05, 0) is 20.8 Å². The van der Waals surface area contributed by atoms with Crippen molar-refractivity contribution < 1.29 is 27.7 Å². The summed E-state index contributed by atoms with van der Waals surface area (Å²) in [6.07, 6.45) is 0. The van der Waals surface area contributed by atoms with Gasteiger partial charge in [0.1, 0.15) is 10.9 Å². The quantitative estimate of drug-likeness (QED) is 0.439. The van der Waals surface area contributed by atoms with Gasteiger partial charge in [0.15, 0.2) is 0 Å². The highest BCUT2D eigenvalue weighted by molar-refractivity contribution is 8.03. The van der Waals surface area contributed by atoms with Crippen molar-refractivity contribution in [2.45, 2.75) is 41.3 Å². The number of carbonyl (C=O) groups is 2. The Morgan fingerprint density at radius 2 is 1.89 bits per heavy atom. The number of hydrogen-bond acceptors (Lipinski definition) is 6. The number of thioether (sulfide) groups is 1. The van der Waals surface area contributed by atoms with Crippen LogP contribution in [-0.4, -0.2) is 55.4 Å². The molecule has 0 saturated carbocycles. The number of aliphatic carboxylic acids is 1. The molecular weight excluding hydrogens is 296 g/mol. The van der Waals surface area contributed by atoms with Crippen molar-refractivity contribution in [3.8, 4) is 0 Å². The number of nitrogens with zero attached hydrogens (tertiary/aromatic N) is 1. The Balaban J connectivity index is 2.74. The normalized spacial score (nSPS) is 40.8. The molecule has 0 aromatic carbocycles. The van der Waals surface area contributed by atoms with E-state index in [9.17, 15) is 27.7 Å². The number of rotatable bonds is 2. The van der Waals surface area contributed by atoms with Crippen LogP contribution in [0, 0.1) is 0 Å². The van der Waals surface area contributed by atoms with E-state index in [-0.39, 0.29) is 0 Å². The second-order valence-electron chi connectivity index (χ2n) is 5.36. The molecule has 3 atom stereocenters. The first kappa shape index (κ1) is 14.6. The summed E-state index contributed by atoms with van der Waals surface area (Å²) in [6, 6.07) is 0. The molecule has 2 aliphatic heterocycles. The topological polar surface area (TPSA) is 138 Å². The zero-order chi connectivity index (χ0) is 15.0. The van der Waals surface area contributed by atoms with E-state index in [4.69, 9.17) is 5.73 Å². The first-order valence-electron chi connectivity index (χ1n) is 5.32. The third kappa shape index (κ3) is 1.34. The van der Waals surface area contributed by atoms with Gasteiger partial charge in [0.2, 0.25) is 5.91 Å². The molecule has 2 aliphatic rings. The van der Waals surface area contributed by atoms with E-state index in [1.807, 2.05) is 0 Å². The van der Waals surface area contributed by atoms with Crippen LogP contribution in [0.3, 0.4) is 0 Å².